The quantitative estimate of drug-likeness (QED) is 0.0497. The van der Waals surface area contributed by atoms with E-state index in [1.807, 2.05) is 49.4 Å². The van der Waals surface area contributed by atoms with Gasteiger partial charge in [0, 0.05) is 60.3 Å². The third kappa shape index (κ3) is 8.84. The van der Waals surface area contributed by atoms with Crippen molar-refractivity contribution in [2.45, 2.75) is 73.9 Å². The summed E-state index contributed by atoms with van der Waals surface area (Å²) in [6.45, 7) is 3.17. The van der Waals surface area contributed by atoms with Crippen molar-refractivity contribution in [1.82, 2.24) is 9.88 Å². The van der Waals surface area contributed by atoms with Gasteiger partial charge < -0.3 is 33.6 Å². The average molecular weight is 867 g/mol. The highest BCUT2D eigenvalue weighted by molar-refractivity contribution is 8.76. The molecule has 0 spiro atoms. The Bertz CT molecular complexity index is 2150. The van der Waals surface area contributed by atoms with Crippen molar-refractivity contribution >= 4 is 81.9 Å². The van der Waals surface area contributed by atoms with Crippen LogP contribution in [-0.2, 0) is 14.1 Å². The van der Waals surface area contributed by atoms with Crippen LogP contribution in [0.5, 0.6) is 17.2 Å². The van der Waals surface area contributed by atoms with E-state index >= 15 is 0 Å². The standard InChI is InChI=1S/C41H44ClN4O9PS2/c1-25(57-58-36-14-7-8-16-43-36)24-54-41(50)46-31-20-35(34(52-2)19-29(31)39(48)44-17-10-13-30(44)40(46)49)53-18-9-3-4-15-37(47)45-23-26(22-42)38-28-12-6-5-11-27(28)33(55-56-51)21-32(38)45/h5-8,11-12,14,16,19-21,25-26,30,40,49H,3-4,9-10,13,15,17-18,22-24H2,1-2H3/t25?,26-,30+,40?/m1/s1. The predicted molar refractivity (Wildman–Crippen MR) is 226 cm³/mol. The van der Waals surface area contributed by atoms with Crippen LogP contribution in [0.25, 0.3) is 10.8 Å². The van der Waals surface area contributed by atoms with Gasteiger partial charge >= 0.3 is 14.8 Å². The molecule has 3 aliphatic rings. The number of carbonyl (C=O) groups excluding carboxylic acids is 3. The smallest absolute Gasteiger partial charge is 0.416 e. The number of hydrogen-bond acceptors (Lipinski definition) is 12. The molecule has 1 saturated heterocycles. The molecule has 3 amide bonds. The molecule has 58 heavy (non-hydrogen) atoms. The van der Waals surface area contributed by atoms with Gasteiger partial charge in [-0.25, -0.2) is 19.2 Å². The van der Waals surface area contributed by atoms with Gasteiger partial charge in [-0.05, 0) is 79.0 Å². The predicted octanol–water partition coefficient (Wildman–Crippen LogP) is 8.85. The molecule has 0 saturated carbocycles. The monoisotopic (exact) mass is 866 g/mol. The second-order valence-electron chi connectivity index (χ2n) is 14.3. The van der Waals surface area contributed by atoms with E-state index in [-0.39, 0.29) is 47.4 Å². The molecule has 17 heteroatoms. The first-order valence-corrected chi connectivity index (χ1v) is 22.7. The molecule has 0 aliphatic carbocycles. The van der Waals surface area contributed by atoms with E-state index in [0.717, 1.165) is 31.9 Å². The summed E-state index contributed by atoms with van der Waals surface area (Å²) in [6, 6.07) is 17.6. The van der Waals surface area contributed by atoms with Gasteiger partial charge in [-0.1, -0.05) is 41.1 Å². The lowest BCUT2D eigenvalue weighted by Crippen LogP contribution is -2.51. The summed E-state index contributed by atoms with van der Waals surface area (Å²) in [5.74, 6) is 0.994. The topological polar surface area (TPSA) is 148 Å². The van der Waals surface area contributed by atoms with Crippen LogP contribution in [-0.4, -0.2) is 89.7 Å². The molecule has 4 atom stereocenters. The van der Waals surface area contributed by atoms with Crippen molar-refractivity contribution in [2.24, 2.45) is 0 Å². The number of fused-ring (bicyclic) bond motifs is 5. The number of anilines is 2. The first-order valence-electron chi connectivity index (χ1n) is 19.2. The summed E-state index contributed by atoms with van der Waals surface area (Å²) in [4.78, 5) is 50.1. The molecule has 7 rings (SSSR count). The SMILES string of the molecule is COc1cc2c(cc1OCCCCCC(=O)N1C[C@@H](CCl)c3c1cc(OP=O)c1ccccc31)N(C(=O)OCC(C)SSc1ccccn1)C(O)[C@@H]1CCCN1C2=O. The molecule has 3 aliphatic heterocycles. The first-order chi connectivity index (χ1) is 28.2. The number of alkyl halides is 1. The molecule has 0 bridgehead atoms. The summed E-state index contributed by atoms with van der Waals surface area (Å²) in [5, 5.41) is 14.1. The highest BCUT2D eigenvalue weighted by Gasteiger charge is 2.45. The fraction of sp³-hybridized carbons (Fsp3) is 0.415. The zero-order valence-electron chi connectivity index (χ0n) is 32.1. The van der Waals surface area contributed by atoms with Gasteiger partial charge in [-0.2, -0.15) is 0 Å². The largest absolute Gasteiger partial charge is 0.493 e. The van der Waals surface area contributed by atoms with E-state index in [1.165, 1.54) is 28.7 Å². The molecule has 1 aromatic heterocycles. The second kappa shape index (κ2) is 19.2. The number of benzene rings is 3. The van der Waals surface area contributed by atoms with E-state index in [9.17, 15) is 24.1 Å². The molecule has 0 radical (unpaired) electrons. The van der Waals surface area contributed by atoms with Gasteiger partial charge in [0.15, 0.2) is 17.7 Å². The summed E-state index contributed by atoms with van der Waals surface area (Å²) in [5.41, 5.74) is 2.10. The van der Waals surface area contributed by atoms with Crippen LogP contribution in [0.3, 0.4) is 0 Å². The number of halogens is 1. The van der Waals surface area contributed by atoms with Crippen LogP contribution in [0.1, 0.15) is 67.3 Å². The summed E-state index contributed by atoms with van der Waals surface area (Å²) in [6.07, 6.45) is 3.03. The zero-order chi connectivity index (χ0) is 40.8. The number of methoxy groups -OCH3 is 1. The lowest BCUT2D eigenvalue weighted by Gasteiger charge is -2.32. The summed E-state index contributed by atoms with van der Waals surface area (Å²) in [7, 11) is 3.99. The Balaban J connectivity index is 0.995. The van der Waals surface area contributed by atoms with Crippen LogP contribution >= 0.6 is 41.9 Å². The number of pyridine rings is 1. The number of carbonyl (C=O) groups is 3. The molecule has 3 aromatic carbocycles. The van der Waals surface area contributed by atoms with E-state index in [0.29, 0.717) is 74.7 Å². The molecule has 1 fully saturated rings. The van der Waals surface area contributed by atoms with E-state index in [2.05, 4.69) is 4.98 Å². The van der Waals surface area contributed by atoms with Gasteiger partial charge in [-0.3, -0.25) is 9.59 Å². The Morgan fingerprint density at radius 2 is 1.83 bits per heavy atom. The third-order valence-electron chi connectivity index (χ3n) is 10.6. The van der Waals surface area contributed by atoms with Crippen LogP contribution in [0, 0.1) is 0 Å². The number of aliphatic hydroxyl groups excluding tert-OH is 1. The number of nitrogens with zero attached hydrogens (tertiary/aromatic N) is 4. The number of amides is 3. The molecule has 4 aromatic rings. The summed E-state index contributed by atoms with van der Waals surface area (Å²) < 4.78 is 34.4. The van der Waals surface area contributed by atoms with Gasteiger partial charge in [-0.15, -0.1) is 11.6 Å². The lowest BCUT2D eigenvalue weighted by molar-refractivity contribution is -0.118. The van der Waals surface area contributed by atoms with Gasteiger partial charge in [0.25, 0.3) is 5.91 Å². The highest BCUT2D eigenvalue weighted by atomic mass is 35.5. The molecule has 13 nitrogen and oxygen atoms in total. The van der Waals surface area contributed by atoms with Crippen molar-refractivity contribution in [3.63, 3.8) is 0 Å². The number of hydrogen-bond donors (Lipinski definition) is 1. The maximum absolute atomic E-state index is 13.9. The van der Waals surface area contributed by atoms with Crippen LogP contribution in [0.15, 0.2) is 71.9 Å². The first kappa shape index (κ1) is 41.9. The minimum atomic E-state index is -1.34. The number of ether oxygens (including phenoxy) is 3. The number of unbranched alkanes of at least 4 members (excludes halogenated alkanes) is 2. The maximum atomic E-state index is 13.9. The minimum absolute atomic E-state index is 0.0428. The van der Waals surface area contributed by atoms with E-state index in [4.69, 9.17) is 30.3 Å². The van der Waals surface area contributed by atoms with Crippen molar-refractivity contribution in [1.29, 1.82) is 0 Å². The second-order valence-corrected chi connectivity index (χ2v) is 17.6. The third-order valence-corrected chi connectivity index (χ3v) is 14.0. The molecule has 2 unspecified atom stereocenters. The Hall–Kier alpha value is -4.27. The molecule has 4 heterocycles. The van der Waals surface area contributed by atoms with Gasteiger partial charge in [0.1, 0.15) is 17.4 Å². The fourth-order valence-corrected chi connectivity index (χ4v) is 10.2. The Morgan fingerprint density at radius 3 is 2.59 bits per heavy atom. The van der Waals surface area contributed by atoms with Gasteiger partial charge in [0.05, 0.1) is 36.7 Å². The molecule has 1 N–H and O–H groups in total. The van der Waals surface area contributed by atoms with Crippen LogP contribution in [0.4, 0.5) is 16.2 Å². The Kier molecular flexibility index (Phi) is 13.9. The number of aliphatic hydroxyl groups is 1. The minimum Gasteiger partial charge on any atom is -0.493 e. The van der Waals surface area contributed by atoms with Gasteiger partial charge in [0.2, 0.25) is 5.91 Å². The highest BCUT2D eigenvalue weighted by Crippen LogP contribution is 2.47. The average Bonchev–Trinajstić information content (AvgIpc) is 3.88. The molecule has 306 valence electrons. The van der Waals surface area contributed by atoms with Crippen molar-refractivity contribution in [3.05, 3.63) is 78.0 Å². The lowest BCUT2D eigenvalue weighted by atomic mass is 9.95. The maximum Gasteiger partial charge on any atom is 0.416 e. The summed E-state index contributed by atoms with van der Waals surface area (Å²) >= 11 is 6.40. The van der Waals surface area contributed by atoms with E-state index in [1.54, 1.807) is 34.2 Å². The van der Waals surface area contributed by atoms with Crippen LogP contribution in [0.2, 0.25) is 0 Å². The zero-order valence-corrected chi connectivity index (χ0v) is 35.4. The Morgan fingerprint density at radius 1 is 1.03 bits per heavy atom. The number of aromatic nitrogens is 1. The Labute approximate surface area is 351 Å². The van der Waals surface area contributed by atoms with Crippen molar-refractivity contribution in [2.75, 3.05) is 49.1 Å². The van der Waals surface area contributed by atoms with E-state index < -0.39 is 27.1 Å². The molecular weight excluding hydrogens is 823 g/mol. The van der Waals surface area contributed by atoms with Crippen LogP contribution < -0.4 is 23.8 Å². The fourth-order valence-electron chi connectivity index (χ4n) is 7.80. The molecular formula is C41H44ClN4O9PS2. The van der Waals surface area contributed by atoms with Crippen molar-refractivity contribution in [3.8, 4) is 17.2 Å². The number of rotatable bonds is 16. The van der Waals surface area contributed by atoms with Crippen molar-refractivity contribution < 1.29 is 42.8 Å². The normalized spacial score (nSPS) is 19.1.